The minimum Gasteiger partial charge on any atom is -0.312 e. The molecule has 0 spiro atoms. The second-order valence-corrected chi connectivity index (χ2v) is 11.2. The van der Waals surface area contributed by atoms with Crippen LogP contribution in [0.2, 0.25) is 0 Å². The van der Waals surface area contributed by atoms with E-state index in [-0.39, 0.29) is 4.90 Å². The predicted octanol–water partition coefficient (Wildman–Crippen LogP) is 4.36. The number of hydrogen-bond acceptors (Lipinski definition) is 4. The van der Waals surface area contributed by atoms with E-state index < -0.39 is 15.9 Å². The van der Waals surface area contributed by atoms with Gasteiger partial charge >= 0.3 is 0 Å². The average Bonchev–Trinajstić information content (AvgIpc) is 3.10. The van der Waals surface area contributed by atoms with Crippen LogP contribution in [0, 0.1) is 12.8 Å². The summed E-state index contributed by atoms with van der Waals surface area (Å²) in [7, 11) is -3.54. The molecule has 1 aliphatic rings. The molecule has 0 aliphatic carbocycles. The van der Waals surface area contributed by atoms with Crippen molar-refractivity contribution in [2.75, 3.05) is 13.1 Å². The topological polar surface area (TPSA) is 71.7 Å². The first-order valence-corrected chi connectivity index (χ1v) is 13.0. The standard InChI is InChI=1S/C24H27N3O3S2/c1-4-13-27-21-10-5-18(3)16-22(21)31-24(27)25-23(28)19-6-8-20(9-7-19)32(29,30)26-14-11-17(2)12-15-26/h4-10,16-17H,1,11-15H2,2-3H3. The van der Waals surface area contributed by atoms with Crippen molar-refractivity contribution in [1.29, 1.82) is 0 Å². The van der Waals surface area contributed by atoms with Crippen molar-refractivity contribution in [2.24, 2.45) is 10.9 Å². The number of benzene rings is 2. The predicted molar refractivity (Wildman–Crippen MR) is 128 cm³/mol. The van der Waals surface area contributed by atoms with Crippen molar-refractivity contribution >= 4 is 37.5 Å². The summed E-state index contributed by atoms with van der Waals surface area (Å²) in [6.45, 7) is 9.59. The Morgan fingerprint density at radius 2 is 1.88 bits per heavy atom. The van der Waals surface area contributed by atoms with E-state index in [1.165, 1.54) is 27.8 Å². The van der Waals surface area contributed by atoms with Crippen LogP contribution in [0.4, 0.5) is 0 Å². The van der Waals surface area contributed by atoms with Gasteiger partial charge in [-0.1, -0.05) is 30.4 Å². The molecule has 0 bridgehead atoms. The van der Waals surface area contributed by atoms with E-state index in [1.807, 2.05) is 23.6 Å². The first-order valence-electron chi connectivity index (χ1n) is 10.7. The molecule has 168 valence electrons. The van der Waals surface area contributed by atoms with Crippen LogP contribution in [-0.2, 0) is 16.6 Å². The number of nitrogens with zero attached hydrogens (tertiary/aromatic N) is 3. The van der Waals surface area contributed by atoms with Crippen LogP contribution in [-0.4, -0.2) is 36.3 Å². The van der Waals surface area contributed by atoms with E-state index in [9.17, 15) is 13.2 Å². The third-order valence-electron chi connectivity index (χ3n) is 5.83. The van der Waals surface area contributed by atoms with Crippen LogP contribution in [0.5, 0.6) is 0 Å². The van der Waals surface area contributed by atoms with Gasteiger partial charge in [-0.05, 0) is 67.6 Å². The molecule has 1 aliphatic heterocycles. The number of fused-ring (bicyclic) bond motifs is 1. The molecule has 1 fully saturated rings. The number of hydrogen-bond donors (Lipinski definition) is 0. The van der Waals surface area contributed by atoms with Crippen molar-refractivity contribution in [3.05, 3.63) is 71.0 Å². The fourth-order valence-electron chi connectivity index (χ4n) is 3.87. The maximum absolute atomic E-state index is 12.9. The number of aromatic nitrogens is 1. The van der Waals surface area contributed by atoms with Gasteiger partial charge in [-0.15, -0.1) is 6.58 Å². The Kier molecular flexibility index (Phi) is 6.46. The second kappa shape index (κ2) is 9.13. The van der Waals surface area contributed by atoms with Gasteiger partial charge in [0.2, 0.25) is 10.0 Å². The first-order chi connectivity index (χ1) is 15.3. The number of sulfonamides is 1. The highest BCUT2D eigenvalue weighted by atomic mass is 32.2. The molecule has 0 radical (unpaired) electrons. The van der Waals surface area contributed by atoms with Crippen molar-refractivity contribution in [1.82, 2.24) is 8.87 Å². The van der Waals surface area contributed by atoms with E-state index in [0.717, 1.165) is 28.6 Å². The molecule has 3 aromatic rings. The number of piperidine rings is 1. The van der Waals surface area contributed by atoms with E-state index >= 15 is 0 Å². The van der Waals surface area contributed by atoms with Gasteiger partial charge in [-0.2, -0.15) is 9.30 Å². The zero-order valence-corrected chi connectivity index (χ0v) is 20.0. The average molecular weight is 470 g/mol. The van der Waals surface area contributed by atoms with Crippen molar-refractivity contribution in [3.63, 3.8) is 0 Å². The van der Waals surface area contributed by atoms with Gasteiger partial charge in [0.15, 0.2) is 4.80 Å². The summed E-state index contributed by atoms with van der Waals surface area (Å²) in [5, 5.41) is 0. The molecule has 4 rings (SSSR count). The number of aryl methyl sites for hydroxylation is 1. The third kappa shape index (κ3) is 4.48. The lowest BCUT2D eigenvalue weighted by Gasteiger charge is -2.29. The van der Waals surface area contributed by atoms with Crippen molar-refractivity contribution in [3.8, 4) is 0 Å². The van der Waals surface area contributed by atoms with Crippen LogP contribution in [0.3, 0.4) is 0 Å². The monoisotopic (exact) mass is 469 g/mol. The highest BCUT2D eigenvalue weighted by molar-refractivity contribution is 7.89. The second-order valence-electron chi connectivity index (χ2n) is 8.28. The Balaban J connectivity index is 1.63. The number of carbonyl (C=O) groups excluding carboxylic acids is 1. The molecule has 6 nitrogen and oxygen atoms in total. The molecule has 0 unspecified atom stereocenters. The first kappa shape index (κ1) is 22.6. The maximum Gasteiger partial charge on any atom is 0.279 e. The number of thiazole rings is 1. The number of amides is 1. The third-order valence-corrected chi connectivity index (χ3v) is 8.78. The van der Waals surface area contributed by atoms with E-state index in [0.29, 0.717) is 35.9 Å². The van der Waals surface area contributed by atoms with Crippen LogP contribution in [0.1, 0.15) is 35.7 Å². The van der Waals surface area contributed by atoms with Crippen LogP contribution in [0.25, 0.3) is 10.2 Å². The maximum atomic E-state index is 12.9. The molecule has 0 N–H and O–H groups in total. The summed E-state index contributed by atoms with van der Waals surface area (Å²) >= 11 is 1.45. The van der Waals surface area contributed by atoms with Gasteiger partial charge in [0.1, 0.15) is 0 Å². The molecule has 2 aromatic carbocycles. The summed E-state index contributed by atoms with van der Waals surface area (Å²) in [4.78, 5) is 18.0. The Morgan fingerprint density at radius 1 is 1.19 bits per heavy atom. The van der Waals surface area contributed by atoms with Crippen LogP contribution in [0.15, 0.2) is 65.0 Å². The zero-order valence-electron chi connectivity index (χ0n) is 18.3. The minimum atomic E-state index is -3.54. The lowest BCUT2D eigenvalue weighted by Crippen LogP contribution is -2.37. The Morgan fingerprint density at radius 3 is 2.53 bits per heavy atom. The zero-order chi connectivity index (χ0) is 22.9. The Labute approximate surface area is 192 Å². The molecule has 0 atom stereocenters. The summed E-state index contributed by atoms with van der Waals surface area (Å²) < 4.78 is 30.4. The van der Waals surface area contributed by atoms with E-state index in [1.54, 1.807) is 18.2 Å². The Bertz CT molecular complexity index is 1330. The van der Waals surface area contributed by atoms with Crippen molar-refractivity contribution < 1.29 is 13.2 Å². The lowest BCUT2D eigenvalue weighted by molar-refractivity contribution is 0.0997. The fraction of sp³-hybridized carbons (Fsp3) is 0.333. The lowest BCUT2D eigenvalue weighted by atomic mass is 10.0. The highest BCUT2D eigenvalue weighted by Crippen LogP contribution is 2.24. The van der Waals surface area contributed by atoms with E-state index in [2.05, 4.69) is 24.6 Å². The largest absolute Gasteiger partial charge is 0.312 e. The molecule has 0 saturated carbocycles. The molecular formula is C24H27N3O3S2. The SMILES string of the molecule is C=CCn1c(=NC(=O)c2ccc(S(=O)(=O)N3CCC(C)CC3)cc2)sc2cc(C)ccc21. The molecule has 1 saturated heterocycles. The van der Waals surface area contributed by atoms with Gasteiger partial charge in [0.25, 0.3) is 5.91 Å². The summed E-state index contributed by atoms with van der Waals surface area (Å²) in [5.74, 6) is 0.145. The molecule has 32 heavy (non-hydrogen) atoms. The highest BCUT2D eigenvalue weighted by Gasteiger charge is 2.28. The quantitative estimate of drug-likeness (QED) is 0.521. The summed E-state index contributed by atoms with van der Waals surface area (Å²) in [6, 6.07) is 12.2. The van der Waals surface area contributed by atoms with Gasteiger partial charge in [0.05, 0.1) is 15.1 Å². The van der Waals surface area contributed by atoms with Gasteiger partial charge < -0.3 is 4.57 Å². The van der Waals surface area contributed by atoms with Crippen LogP contribution < -0.4 is 4.80 Å². The smallest absolute Gasteiger partial charge is 0.279 e. The number of allylic oxidation sites excluding steroid dienone is 1. The van der Waals surface area contributed by atoms with Crippen LogP contribution >= 0.6 is 11.3 Å². The van der Waals surface area contributed by atoms with Crippen molar-refractivity contribution in [2.45, 2.75) is 38.1 Å². The number of rotatable bonds is 5. The molecule has 1 aromatic heterocycles. The van der Waals surface area contributed by atoms with Gasteiger partial charge in [-0.25, -0.2) is 8.42 Å². The molecule has 2 heterocycles. The molecule has 1 amide bonds. The van der Waals surface area contributed by atoms with E-state index in [4.69, 9.17) is 0 Å². The minimum absolute atomic E-state index is 0.211. The molecule has 8 heteroatoms. The normalized spacial score (nSPS) is 16.5. The van der Waals surface area contributed by atoms with Gasteiger partial charge in [0, 0.05) is 25.2 Å². The Hall–Kier alpha value is -2.55. The molecular weight excluding hydrogens is 442 g/mol. The van der Waals surface area contributed by atoms with Gasteiger partial charge in [-0.3, -0.25) is 4.79 Å². The summed E-state index contributed by atoms with van der Waals surface area (Å²) in [6.07, 6.45) is 3.51. The number of carbonyl (C=O) groups is 1. The summed E-state index contributed by atoms with van der Waals surface area (Å²) in [5.41, 5.74) is 2.50. The fourth-order valence-corrected chi connectivity index (χ4v) is 6.47.